The molecule has 0 aliphatic rings. The number of hydrogen-bond acceptors (Lipinski definition) is 2. The average Bonchev–Trinajstić information content (AvgIpc) is 2.75. The Morgan fingerprint density at radius 2 is 1.12 bits per heavy atom. The van der Waals surface area contributed by atoms with Crippen molar-refractivity contribution in [2.24, 2.45) is 0 Å². The lowest BCUT2D eigenvalue weighted by Crippen LogP contribution is -2.14. The van der Waals surface area contributed by atoms with Crippen LogP contribution in [0.25, 0.3) is 0 Å². The molecule has 0 saturated heterocycles. The Balaban J connectivity index is 2.25. The molecule has 0 amide bonds. The van der Waals surface area contributed by atoms with E-state index in [4.69, 9.17) is 0 Å². The van der Waals surface area contributed by atoms with Gasteiger partial charge in [0.1, 0.15) is 0 Å². The van der Waals surface area contributed by atoms with Crippen LogP contribution in [0.15, 0.2) is 12.1 Å². The number of carbonyl (C=O) groups is 2. The van der Waals surface area contributed by atoms with Crippen LogP contribution in [0.5, 0.6) is 0 Å². The second-order valence-corrected chi connectivity index (χ2v) is 9.53. The highest BCUT2D eigenvalue weighted by atomic mass is 16.4. The Morgan fingerprint density at radius 1 is 0.688 bits per heavy atom. The Morgan fingerprint density at radius 3 is 1.50 bits per heavy atom. The minimum absolute atomic E-state index is 0.0215. The summed E-state index contributed by atoms with van der Waals surface area (Å²) in [5.74, 6) is -2.35. The highest BCUT2D eigenvalue weighted by Gasteiger charge is 2.24. The minimum atomic E-state index is -1.18. The molecule has 1 rings (SSSR count). The molecule has 182 valence electrons. The standard InChI is InChI=1S/C28H46O4/c1-4-5-6-7-8-9-10-11-12-13-14-15-16-17-18-19-23-20-21-24(27(29)30)26(28(31)32)25(23)22(2)3/h20-22H,4-19H2,1-3H3,(H,29,30)(H,31,32). The van der Waals surface area contributed by atoms with E-state index in [2.05, 4.69) is 6.92 Å². The van der Waals surface area contributed by atoms with E-state index in [1.54, 1.807) is 0 Å². The number of benzene rings is 1. The Kier molecular flexibility index (Phi) is 14.8. The second-order valence-electron chi connectivity index (χ2n) is 9.53. The Hall–Kier alpha value is -1.84. The first kappa shape index (κ1) is 28.2. The second kappa shape index (κ2) is 16.7. The third kappa shape index (κ3) is 10.7. The molecule has 2 N–H and O–H groups in total. The molecule has 0 heterocycles. The number of hydrogen-bond donors (Lipinski definition) is 2. The number of carboxylic acid groups (broad SMARTS) is 2. The monoisotopic (exact) mass is 446 g/mol. The van der Waals surface area contributed by atoms with Crippen molar-refractivity contribution in [2.45, 2.75) is 129 Å². The van der Waals surface area contributed by atoms with Crippen LogP contribution in [0.1, 0.15) is 155 Å². The molecule has 0 atom stereocenters. The number of aromatic carboxylic acids is 2. The van der Waals surface area contributed by atoms with Crippen molar-refractivity contribution in [3.63, 3.8) is 0 Å². The fraction of sp³-hybridized carbons (Fsp3) is 0.714. The highest BCUT2D eigenvalue weighted by molar-refractivity contribution is 6.03. The molecule has 0 aromatic heterocycles. The van der Waals surface area contributed by atoms with Gasteiger partial charge in [0.25, 0.3) is 0 Å². The van der Waals surface area contributed by atoms with E-state index in [0.717, 1.165) is 24.8 Å². The molecule has 1 aromatic rings. The van der Waals surface area contributed by atoms with Crippen LogP contribution in [0.3, 0.4) is 0 Å². The molecular formula is C28H46O4. The zero-order chi connectivity index (χ0) is 23.8. The molecule has 0 radical (unpaired) electrons. The van der Waals surface area contributed by atoms with E-state index >= 15 is 0 Å². The molecular weight excluding hydrogens is 400 g/mol. The van der Waals surface area contributed by atoms with Crippen LogP contribution >= 0.6 is 0 Å². The maximum atomic E-state index is 11.8. The SMILES string of the molecule is CCCCCCCCCCCCCCCCCc1ccc(C(=O)O)c(C(=O)O)c1C(C)C. The zero-order valence-electron chi connectivity index (χ0n) is 20.8. The maximum Gasteiger partial charge on any atom is 0.336 e. The Bertz CT molecular complexity index is 678. The van der Waals surface area contributed by atoms with Crippen molar-refractivity contribution in [1.82, 2.24) is 0 Å². The smallest absolute Gasteiger partial charge is 0.336 e. The molecule has 1 aromatic carbocycles. The van der Waals surface area contributed by atoms with Gasteiger partial charge in [0.05, 0.1) is 11.1 Å². The van der Waals surface area contributed by atoms with Gasteiger partial charge in [-0.25, -0.2) is 9.59 Å². The molecule has 32 heavy (non-hydrogen) atoms. The lowest BCUT2D eigenvalue weighted by Gasteiger charge is -2.18. The average molecular weight is 447 g/mol. The molecule has 4 heteroatoms. The lowest BCUT2D eigenvalue weighted by atomic mass is 9.86. The van der Waals surface area contributed by atoms with Crippen LogP contribution in [-0.4, -0.2) is 22.2 Å². The summed E-state index contributed by atoms with van der Waals surface area (Å²) in [5, 5.41) is 19.0. The highest BCUT2D eigenvalue weighted by Crippen LogP contribution is 2.29. The Labute approximate surface area is 195 Å². The van der Waals surface area contributed by atoms with Crippen molar-refractivity contribution in [3.05, 3.63) is 34.4 Å². The van der Waals surface area contributed by atoms with Crippen molar-refractivity contribution in [1.29, 1.82) is 0 Å². The maximum absolute atomic E-state index is 11.8. The van der Waals surface area contributed by atoms with Crippen molar-refractivity contribution < 1.29 is 19.8 Å². The van der Waals surface area contributed by atoms with Gasteiger partial charge in [0.2, 0.25) is 0 Å². The molecule has 0 bridgehead atoms. The van der Waals surface area contributed by atoms with E-state index in [9.17, 15) is 19.8 Å². The van der Waals surface area contributed by atoms with Crippen LogP contribution < -0.4 is 0 Å². The van der Waals surface area contributed by atoms with E-state index in [1.165, 1.54) is 89.5 Å². The van der Waals surface area contributed by atoms with Crippen molar-refractivity contribution >= 4 is 11.9 Å². The van der Waals surface area contributed by atoms with Gasteiger partial charge in [-0.3, -0.25) is 0 Å². The first-order chi connectivity index (χ1) is 15.4. The molecule has 0 aliphatic heterocycles. The van der Waals surface area contributed by atoms with Gasteiger partial charge >= 0.3 is 11.9 Å². The summed E-state index contributed by atoms with van der Waals surface area (Å²) in [5.41, 5.74) is 1.52. The largest absolute Gasteiger partial charge is 0.478 e. The van der Waals surface area contributed by atoms with Gasteiger partial charge in [0.15, 0.2) is 0 Å². The van der Waals surface area contributed by atoms with Crippen molar-refractivity contribution in [3.8, 4) is 0 Å². The first-order valence-electron chi connectivity index (χ1n) is 13.0. The summed E-state index contributed by atoms with van der Waals surface area (Å²) in [6.07, 6.45) is 20.6. The van der Waals surface area contributed by atoms with Gasteiger partial charge in [-0.05, 0) is 36.0 Å². The molecule has 0 spiro atoms. The summed E-state index contributed by atoms with van der Waals surface area (Å²) in [7, 11) is 0. The summed E-state index contributed by atoms with van der Waals surface area (Å²) in [4.78, 5) is 23.2. The fourth-order valence-corrected chi connectivity index (χ4v) is 4.64. The number of rotatable bonds is 19. The number of unbranched alkanes of at least 4 members (excludes halogenated alkanes) is 14. The quantitative estimate of drug-likeness (QED) is 0.209. The van der Waals surface area contributed by atoms with Crippen LogP contribution in [-0.2, 0) is 6.42 Å². The van der Waals surface area contributed by atoms with E-state index in [-0.39, 0.29) is 17.0 Å². The lowest BCUT2D eigenvalue weighted by molar-refractivity contribution is 0.0650. The minimum Gasteiger partial charge on any atom is -0.478 e. The molecule has 0 unspecified atom stereocenters. The van der Waals surface area contributed by atoms with Crippen LogP contribution in [0.2, 0.25) is 0 Å². The molecule has 0 saturated carbocycles. The van der Waals surface area contributed by atoms with E-state index in [0.29, 0.717) is 5.56 Å². The van der Waals surface area contributed by atoms with Crippen molar-refractivity contribution in [2.75, 3.05) is 0 Å². The van der Waals surface area contributed by atoms with E-state index in [1.807, 2.05) is 19.9 Å². The third-order valence-electron chi connectivity index (χ3n) is 6.41. The summed E-state index contributed by atoms with van der Waals surface area (Å²) in [6.45, 7) is 6.13. The molecule has 0 fully saturated rings. The number of aryl methyl sites for hydroxylation is 1. The zero-order valence-corrected chi connectivity index (χ0v) is 20.8. The fourth-order valence-electron chi connectivity index (χ4n) is 4.64. The normalized spacial score (nSPS) is 11.2. The van der Waals surface area contributed by atoms with Gasteiger partial charge in [-0.1, -0.05) is 117 Å². The topological polar surface area (TPSA) is 74.6 Å². The van der Waals surface area contributed by atoms with Gasteiger partial charge in [-0.15, -0.1) is 0 Å². The summed E-state index contributed by atoms with van der Waals surface area (Å²) in [6, 6.07) is 3.27. The van der Waals surface area contributed by atoms with Gasteiger partial charge in [-0.2, -0.15) is 0 Å². The predicted molar refractivity (Wildman–Crippen MR) is 133 cm³/mol. The van der Waals surface area contributed by atoms with Crippen LogP contribution in [0.4, 0.5) is 0 Å². The summed E-state index contributed by atoms with van der Waals surface area (Å²) >= 11 is 0. The molecule has 0 aliphatic carbocycles. The summed E-state index contributed by atoms with van der Waals surface area (Å²) < 4.78 is 0. The van der Waals surface area contributed by atoms with E-state index < -0.39 is 11.9 Å². The van der Waals surface area contributed by atoms with Gasteiger partial charge in [0, 0.05) is 0 Å². The third-order valence-corrected chi connectivity index (χ3v) is 6.41. The van der Waals surface area contributed by atoms with Crippen LogP contribution in [0, 0.1) is 0 Å². The predicted octanol–water partition coefficient (Wildman–Crippen LogP) is 8.62. The first-order valence-corrected chi connectivity index (χ1v) is 13.0. The molecule has 4 nitrogen and oxygen atoms in total. The number of carboxylic acids is 2. The van der Waals surface area contributed by atoms with Gasteiger partial charge < -0.3 is 10.2 Å².